The fraction of sp³-hybridized carbons (Fsp3) is 0. The largest absolute Gasteiger partial charge is 0.477 e. The summed E-state index contributed by atoms with van der Waals surface area (Å²) in [6.45, 7) is 0. The van der Waals surface area contributed by atoms with Gasteiger partial charge in [-0.3, -0.25) is 0 Å². The molecule has 0 spiro atoms. The van der Waals surface area contributed by atoms with E-state index in [0.717, 1.165) is 22.0 Å². The van der Waals surface area contributed by atoms with Gasteiger partial charge in [-0.1, -0.05) is 48.0 Å². The lowest BCUT2D eigenvalue weighted by Crippen LogP contribution is -1.95. The number of aromatic nitrogens is 1. The van der Waals surface area contributed by atoms with Crippen molar-refractivity contribution in [3.05, 3.63) is 59.2 Å². The van der Waals surface area contributed by atoms with E-state index in [1.165, 1.54) is 0 Å². The number of hydrogen-bond acceptors (Lipinski definition) is 1. The standard InChI is InChI=1S/C15H10ClNO2/c16-12-7-2-1-5-10(12)11-6-3-4-9-8-13(15(18)19)17-14(9)11/h1-8,17H,(H,18,19). The number of rotatable bonds is 2. The summed E-state index contributed by atoms with van der Waals surface area (Å²) >= 11 is 6.20. The van der Waals surface area contributed by atoms with Crippen LogP contribution < -0.4 is 0 Å². The van der Waals surface area contributed by atoms with E-state index in [1.54, 1.807) is 6.07 Å². The van der Waals surface area contributed by atoms with Crippen LogP contribution in [-0.4, -0.2) is 16.1 Å². The molecule has 0 atom stereocenters. The highest BCUT2D eigenvalue weighted by Gasteiger charge is 2.12. The summed E-state index contributed by atoms with van der Waals surface area (Å²) in [6, 6.07) is 14.8. The predicted molar refractivity (Wildman–Crippen MR) is 75.7 cm³/mol. The lowest BCUT2D eigenvalue weighted by molar-refractivity contribution is 0.0691. The first-order chi connectivity index (χ1) is 9.16. The van der Waals surface area contributed by atoms with Crippen LogP contribution in [0.2, 0.25) is 5.02 Å². The Morgan fingerprint density at radius 1 is 1.05 bits per heavy atom. The van der Waals surface area contributed by atoms with E-state index < -0.39 is 5.97 Å². The molecule has 3 rings (SSSR count). The minimum absolute atomic E-state index is 0.175. The van der Waals surface area contributed by atoms with Crippen LogP contribution in [0.5, 0.6) is 0 Å². The van der Waals surface area contributed by atoms with Crippen LogP contribution in [0.3, 0.4) is 0 Å². The number of halogens is 1. The predicted octanol–water partition coefficient (Wildman–Crippen LogP) is 4.19. The summed E-state index contributed by atoms with van der Waals surface area (Å²) in [6.07, 6.45) is 0. The Morgan fingerprint density at radius 3 is 2.53 bits per heavy atom. The first kappa shape index (κ1) is 11.8. The second-order valence-electron chi connectivity index (χ2n) is 4.24. The quantitative estimate of drug-likeness (QED) is 0.734. The van der Waals surface area contributed by atoms with Crippen molar-refractivity contribution in [2.24, 2.45) is 0 Å². The average molecular weight is 272 g/mol. The lowest BCUT2D eigenvalue weighted by Gasteiger charge is -2.05. The number of H-pyrrole nitrogens is 1. The van der Waals surface area contributed by atoms with Gasteiger partial charge in [0.25, 0.3) is 0 Å². The van der Waals surface area contributed by atoms with Crippen LogP contribution in [0.4, 0.5) is 0 Å². The number of fused-ring (bicyclic) bond motifs is 1. The fourth-order valence-electron chi connectivity index (χ4n) is 2.18. The molecule has 0 aliphatic rings. The maximum absolute atomic E-state index is 11.0. The molecule has 0 saturated carbocycles. The molecule has 0 unspecified atom stereocenters. The Morgan fingerprint density at radius 2 is 1.79 bits per heavy atom. The molecule has 1 aromatic heterocycles. The minimum atomic E-state index is -0.971. The number of carboxylic acid groups (broad SMARTS) is 1. The third-order valence-electron chi connectivity index (χ3n) is 3.05. The molecule has 0 saturated heterocycles. The fourth-order valence-corrected chi connectivity index (χ4v) is 2.41. The van der Waals surface area contributed by atoms with Gasteiger partial charge in [0, 0.05) is 21.5 Å². The number of nitrogens with one attached hydrogen (secondary N) is 1. The summed E-state index contributed by atoms with van der Waals surface area (Å²) in [7, 11) is 0. The molecule has 3 aromatic rings. The summed E-state index contributed by atoms with van der Waals surface area (Å²) in [5, 5.41) is 10.5. The summed E-state index contributed by atoms with van der Waals surface area (Å²) < 4.78 is 0. The molecule has 94 valence electrons. The van der Waals surface area contributed by atoms with Crippen molar-refractivity contribution in [2.75, 3.05) is 0 Å². The molecular weight excluding hydrogens is 262 g/mol. The number of para-hydroxylation sites is 1. The summed E-state index contributed by atoms with van der Waals surface area (Å²) in [4.78, 5) is 14.0. The number of hydrogen-bond donors (Lipinski definition) is 2. The number of carbonyl (C=O) groups is 1. The molecule has 1 heterocycles. The van der Waals surface area contributed by atoms with Crippen molar-refractivity contribution in [3.63, 3.8) is 0 Å². The van der Waals surface area contributed by atoms with Gasteiger partial charge in [0.05, 0.1) is 5.52 Å². The van der Waals surface area contributed by atoms with E-state index in [2.05, 4.69) is 4.98 Å². The molecular formula is C15H10ClNO2. The van der Waals surface area contributed by atoms with E-state index in [1.807, 2.05) is 42.5 Å². The van der Waals surface area contributed by atoms with Crippen molar-refractivity contribution in [1.29, 1.82) is 0 Å². The topological polar surface area (TPSA) is 53.1 Å². The Bertz CT molecular complexity index is 777. The SMILES string of the molecule is O=C(O)c1cc2cccc(-c3ccccc3Cl)c2[nH]1. The molecule has 0 aliphatic heterocycles. The van der Waals surface area contributed by atoms with Gasteiger partial charge in [0.15, 0.2) is 0 Å². The van der Waals surface area contributed by atoms with Gasteiger partial charge < -0.3 is 10.1 Å². The Balaban J connectivity index is 2.30. The molecule has 0 amide bonds. The molecule has 0 aliphatic carbocycles. The Hall–Kier alpha value is -2.26. The Labute approximate surface area is 114 Å². The maximum atomic E-state index is 11.0. The molecule has 4 heteroatoms. The van der Waals surface area contributed by atoms with Gasteiger partial charge in [-0.05, 0) is 12.1 Å². The zero-order valence-corrected chi connectivity index (χ0v) is 10.6. The van der Waals surface area contributed by atoms with E-state index in [-0.39, 0.29) is 5.69 Å². The van der Waals surface area contributed by atoms with Crippen LogP contribution in [0.1, 0.15) is 10.5 Å². The second kappa shape index (κ2) is 4.44. The van der Waals surface area contributed by atoms with Crippen molar-refractivity contribution in [2.45, 2.75) is 0 Å². The van der Waals surface area contributed by atoms with Crippen molar-refractivity contribution in [3.8, 4) is 11.1 Å². The van der Waals surface area contributed by atoms with Crippen LogP contribution >= 0.6 is 11.6 Å². The van der Waals surface area contributed by atoms with Gasteiger partial charge in [0.1, 0.15) is 5.69 Å². The molecule has 0 radical (unpaired) electrons. The maximum Gasteiger partial charge on any atom is 0.352 e. The summed E-state index contributed by atoms with van der Waals surface area (Å²) in [5.74, 6) is -0.971. The third kappa shape index (κ3) is 1.98. The van der Waals surface area contributed by atoms with E-state index >= 15 is 0 Å². The van der Waals surface area contributed by atoms with Gasteiger partial charge >= 0.3 is 5.97 Å². The number of aromatic carboxylic acids is 1. The van der Waals surface area contributed by atoms with Crippen LogP contribution in [-0.2, 0) is 0 Å². The van der Waals surface area contributed by atoms with Crippen LogP contribution in [0.15, 0.2) is 48.5 Å². The molecule has 2 N–H and O–H groups in total. The van der Waals surface area contributed by atoms with Crippen LogP contribution in [0, 0.1) is 0 Å². The van der Waals surface area contributed by atoms with E-state index in [0.29, 0.717) is 5.02 Å². The number of carboxylic acids is 1. The normalized spacial score (nSPS) is 10.8. The second-order valence-corrected chi connectivity index (χ2v) is 4.65. The first-order valence-electron chi connectivity index (χ1n) is 5.77. The lowest BCUT2D eigenvalue weighted by atomic mass is 10.0. The van der Waals surface area contributed by atoms with Crippen molar-refractivity contribution < 1.29 is 9.90 Å². The number of benzene rings is 2. The Kier molecular flexibility index (Phi) is 2.76. The molecule has 19 heavy (non-hydrogen) atoms. The third-order valence-corrected chi connectivity index (χ3v) is 3.38. The van der Waals surface area contributed by atoms with Gasteiger partial charge in [-0.25, -0.2) is 4.79 Å². The zero-order valence-electron chi connectivity index (χ0n) is 9.85. The van der Waals surface area contributed by atoms with Crippen molar-refractivity contribution >= 4 is 28.5 Å². The zero-order chi connectivity index (χ0) is 13.4. The number of aromatic amines is 1. The molecule has 2 aromatic carbocycles. The highest BCUT2D eigenvalue weighted by atomic mass is 35.5. The highest BCUT2D eigenvalue weighted by Crippen LogP contribution is 2.33. The molecule has 0 fully saturated rings. The van der Waals surface area contributed by atoms with Gasteiger partial charge in [0.2, 0.25) is 0 Å². The van der Waals surface area contributed by atoms with Gasteiger partial charge in [-0.15, -0.1) is 0 Å². The van der Waals surface area contributed by atoms with Crippen molar-refractivity contribution in [1.82, 2.24) is 4.98 Å². The monoisotopic (exact) mass is 271 g/mol. The van der Waals surface area contributed by atoms with Crippen LogP contribution in [0.25, 0.3) is 22.0 Å². The first-order valence-corrected chi connectivity index (χ1v) is 6.14. The molecule has 3 nitrogen and oxygen atoms in total. The highest BCUT2D eigenvalue weighted by molar-refractivity contribution is 6.33. The smallest absolute Gasteiger partial charge is 0.352 e. The van der Waals surface area contributed by atoms with E-state index in [9.17, 15) is 4.79 Å². The minimum Gasteiger partial charge on any atom is -0.477 e. The summed E-state index contributed by atoms with van der Waals surface area (Å²) in [5.41, 5.74) is 2.74. The molecule has 0 bridgehead atoms. The van der Waals surface area contributed by atoms with Gasteiger partial charge in [-0.2, -0.15) is 0 Å². The average Bonchev–Trinajstić information content (AvgIpc) is 2.83. The van der Waals surface area contributed by atoms with E-state index in [4.69, 9.17) is 16.7 Å².